The third-order valence-electron chi connectivity index (χ3n) is 4.98. The number of para-hydroxylation sites is 1. The molecule has 0 amide bonds. The summed E-state index contributed by atoms with van der Waals surface area (Å²) in [5, 5.41) is 18.0. The maximum Gasteiger partial charge on any atom is 0.191 e. The van der Waals surface area contributed by atoms with Crippen LogP contribution >= 0.6 is 24.0 Å². The third kappa shape index (κ3) is 6.04. The van der Waals surface area contributed by atoms with Gasteiger partial charge in [0.25, 0.3) is 0 Å². The smallest absolute Gasteiger partial charge is 0.191 e. The lowest BCUT2D eigenvalue weighted by molar-refractivity contribution is 0.406. The molecular formula is C23H31IN4O2. The van der Waals surface area contributed by atoms with Crippen molar-refractivity contribution in [2.75, 3.05) is 26.7 Å². The second kappa shape index (κ2) is 11.7. The number of nitrogens with one attached hydrogen (secondary N) is 3. The number of fused-ring (bicyclic) bond motifs is 1. The van der Waals surface area contributed by atoms with Gasteiger partial charge < -0.3 is 25.5 Å². The Kier molecular flexibility index (Phi) is 9.29. The molecule has 0 aliphatic rings. The Morgan fingerprint density at radius 1 is 1.13 bits per heavy atom. The molecule has 0 fully saturated rings. The molecule has 162 valence electrons. The largest absolute Gasteiger partial charge is 0.508 e. The first-order valence-corrected chi connectivity index (χ1v) is 10.1. The van der Waals surface area contributed by atoms with Crippen LogP contribution in [0.5, 0.6) is 11.5 Å². The van der Waals surface area contributed by atoms with Crippen molar-refractivity contribution in [3.05, 3.63) is 59.3 Å². The van der Waals surface area contributed by atoms with Crippen molar-refractivity contribution in [1.29, 1.82) is 0 Å². The summed E-state index contributed by atoms with van der Waals surface area (Å²) in [6.45, 7) is 6.34. The fourth-order valence-electron chi connectivity index (χ4n) is 3.48. The predicted molar refractivity (Wildman–Crippen MR) is 134 cm³/mol. The number of benzene rings is 2. The highest BCUT2D eigenvalue weighted by Gasteiger charge is 2.08. The van der Waals surface area contributed by atoms with Gasteiger partial charge in [-0.3, -0.25) is 4.99 Å². The van der Waals surface area contributed by atoms with Crippen LogP contribution < -0.4 is 15.4 Å². The Hall–Kier alpha value is -2.42. The van der Waals surface area contributed by atoms with Crippen LogP contribution in [-0.4, -0.2) is 42.8 Å². The molecule has 0 saturated carbocycles. The van der Waals surface area contributed by atoms with Crippen LogP contribution in [0.3, 0.4) is 0 Å². The van der Waals surface area contributed by atoms with E-state index in [0.29, 0.717) is 25.3 Å². The molecule has 0 saturated heterocycles. The number of aryl methyl sites for hydroxylation is 1. The van der Waals surface area contributed by atoms with E-state index in [9.17, 15) is 5.11 Å². The molecule has 3 rings (SSSR count). The topological polar surface area (TPSA) is 81.7 Å². The van der Waals surface area contributed by atoms with E-state index in [2.05, 4.69) is 47.7 Å². The number of guanidine groups is 1. The first-order valence-electron chi connectivity index (χ1n) is 10.1. The number of phenolic OH excluding ortho intramolecular Hbond substituents is 1. The van der Waals surface area contributed by atoms with Gasteiger partial charge in [0.05, 0.1) is 7.11 Å². The van der Waals surface area contributed by atoms with Crippen LogP contribution in [0.2, 0.25) is 0 Å². The first-order chi connectivity index (χ1) is 14.1. The number of aliphatic imine (C=N–C) groups is 1. The summed E-state index contributed by atoms with van der Waals surface area (Å²) in [7, 11) is 1.59. The zero-order chi connectivity index (χ0) is 20.6. The number of phenols is 1. The maximum atomic E-state index is 10.1. The summed E-state index contributed by atoms with van der Waals surface area (Å²) in [6.07, 6.45) is 1.58. The molecule has 0 spiro atoms. The Balaban J connectivity index is 0.00000320. The normalized spacial score (nSPS) is 11.2. The minimum absolute atomic E-state index is 0. The molecule has 7 heteroatoms. The summed E-state index contributed by atoms with van der Waals surface area (Å²) in [5.41, 5.74) is 4.58. The number of aromatic hydroxyl groups is 1. The molecule has 0 aliphatic carbocycles. The molecule has 0 unspecified atom stereocenters. The van der Waals surface area contributed by atoms with Crippen LogP contribution in [0.25, 0.3) is 10.9 Å². The quantitative estimate of drug-likeness (QED) is 0.204. The van der Waals surface area contributed by atoms with Gasteiger partial charge in [0.2, 0.25) is 0 Å². The number of aromatic nitrogens is 1. The molecule has 0 aliphatic heterocycles. The van der Waals surface area contributed by atoms with E-state index in [1.54, 1.807) is 13.2 Å². The minimum atomic E-state index is 0. The molecular weight excluding hydrogens is 491 g/mol. The highest BCUT2D eigenvalue weighted by atomic mass is 127. The minimum Gasteiger partial charge on any atom is -0.508 e. The molecule has 0 bridgehead atoms. The van der Waals surface area contributed by atoms with Crippen molar-refractivity contribution in [3.8, 4) is 11.5 Å². The number of hydrogen-bond acceptors (Lipinski definition) is 3. The van der Waals surface area contributed by atoms with E-state index in [0.717, 1.165) is 24.5 Å². The van der Waals surface area contributed by atoms with E-state index in [1.807, 2.05) is 18.2 Å². The zero-order valence-electron chi connectivity index (χ0n) is 17.8. The highest BCUT2D eigenvalue weighted by molar-refractivity contribution is 14.0. The lowest BCUT2D eigenvalue weighted by Crippen LogP contribution is -2.38. The Morgan fingerprint density at radius 3 is 2.67 bits per heavy atom. The number of H-pyrrole nitrogens is 1. The molecule has 1 heterocycles. The number of hydrogen-bond donors (Lipinski definition) is 4. The predicted octanol–water partition coefficient (Wildman–Crippen LogP) is 4.15. The zero-order valence-corrected chi connectivity index (χ0v) is 20.1. The average Bonchev–Trinajstić information content (AvgIpc) is 3.04. The molecule has 30 heavy (non-hydrogen) atoms. The maximum absolute atomic E-state index is 10.1. The summed E-state index contributed by atoms with van der Waals surface area (Å²) < 4.78 is 5.13. The SMILES string of the molecule is CCNC(=NCCc1c(C)[nH]c2ccccc12)NCCc1ccc(OC)cc1O.I. The van der Waals surface area contributed by atoms with E-state index >= 15 is 0 Å². The van der Waals surface area contributed by atoms with E-state index in [-0.39, 0.29) is 29.7 Å². The van der Waals surface area contributed by atoms with Crippen molar-refractivity contribution in [2.45, 2.75) is 26.7 Å². The van der Waals surface area contributed by atoms with Gasteiger partial charge in [0, 0.05) is 42.3 Å². The summed E-state index contributed by atoms with van der Waals surface area (Å²) in [4.78, 5) is 8.16. The number of rotatable bonds is 8. The standard InChI is InChI=1S/C23H30N4O2.HI/c1-4-24-23(25-13-11-17-9-10-18(29-3)15-22(17)28)26-14-12-19-16(2)27-21-8-6-5-7-20(19)21;/h5-10,15,27-28H,4,11-14H2,1-3H3,(H2,24,25,26);1H. The lowest BCUT2D eigenvalue weighted by Gasteiger charge is -2.12. The van der Waals surface area contributed by atoms with Crippen LogP contribution in [0.1, 0.15) is 23.7 Å². The highest BCUT2D eigenvalue weighted by Crippen LogP contribution is 2.24. The number of ether oxygens (including phenoxy) is 1. The van der Waals surface area contributed by atoms with Crippen molar-refractivity contribution >= 4 is 40.8 Å². The molecule has 0 radical (unpaired) electrons. The molecule has 1 aromatic heterocycles. The Labute approximate surface area is 195 Å². The summed E-state index contributed by atoms with van der Waals surface area (Å²) in [5.74, 6) is 1.70. The van der Waals surface area contributed by atoms with E-state index in [4.69, 9.17) is 9.73 Å². The van der Waals surface area contributed by atoms with Crippen molar-refractivity contribution < 1.29 is 9.84 Å². The Bertz CT molecular complexity index is 984. The fourth-order valence-corrected chi connectivity index (χ4v) is 3.48. The van der Waals surface area contributed by atoms with Gasteiger partial charge in [0.1, 0.15) is 11.5 Å². The summed E-state index contributed by atoms with van der Waals surface area (Å²) in [6, 6.07) is 13.8. The fraction of sp³-hybridized carbons (Fsp3) is 0.348. The van der Waals surface area contributed by atoms with Gasteiger partial charge in [-0.2, -0.15) is 0 Å². The van der Waals surface area contributed by atoms with Gasteiger partial charge in [-0.1, -0.05) is 24.3 Å². The number of methoxy groups -OCH3 is 1. The van der Waals surface area contributed by atoms with Gasteiger partial charge in [0.15, 0.2) is 5.96 Å². The van der Waals surface area contributed by atoms with Gasteiger partial charge in [-0.25, -0.2) is 0 Å². The molecule has 6 nitrogen and oxygen atoms in total. The second-order valence-electron chi connectivity index (χ2n) is 6.96. The first kappa shape index (κ1) is 23.9. The van der Waals surface area contributed by atoms with Crippen molar-refractivity contribution in [3.63, 3.8) is 0 Å². The molecule has 3 aromatic rings. The van der Waals surface area contributed by atoms with E-state index < -0.39 is 0 Å². The molecule has 4 N–H and O–H groups in total. The lowest BCUT2D eigenvalue weighted by atomic mass is 10.1. The van der Waals surface area contributed by atoms with Crippen LogP contribution in [-0.2, 0) is 12.8 Å². The van der Waals surface area contributed by atoms with Gasteiger partial charge >= 0.3 is 0 Å². The third-order valence-corrected chi connectivity index (χ3v) is 4.98. The van der Waals surface area contributed by atoms with Crippen molar-refractivity contribution in [1.82, 2.24) is 15.6 Å². The Morgan fingerprint density at radius 2 is 1.93 bits per heavy atom. The number of aromatic amines is 1. The average molecular weight is 522 g/mol. The summed E-state index contributed by atoms with van der Waals surface area (Å²) >= 11 is 0. The van der Waals surface area contributed by atoms with E-state index in [1.165, 1.54) is 22.2 Å². The monoisotopic (exact) mass is 522 g/mol. The van der Waals surface area contributed by atoms with Crippen LogP contribution in [0.15, 0.2) is 47.5 Å². The van der Waals surface area contributed by atoms with Crippen molar-refractivity contribution in [2.24, 2.45) is 4.99 Å². The second-order valence-corrected chi connectivity index (χ2v) is 6.96. The van der Waals surface area contributed by atoms with Gasteiger partial charge in [-0.15, -0.1) is 24.0 Å². The van der Waals surface area contributed by atoms with Crippen LogP contribution in [0.4, 0.5) is 0 Å². The molecule has 0 atom stereocenters. The molecule has 2 aromatic carbocycles. The van der Waals surface area contributed by atoms with Gasteiger partial charge in [-0.05, 0) is 49.9 Å². The number of nitrogens with zero attached hydrogens (tertiary/aromatic N) is 1. The van der Waals surface area contributed by atoms with Crippen LogP contribution in [0, 0.1) is 6.92 Å². The number of halogens is 1.